The van der Waals surface area contributed by atoms with Gasteiger partial charge in [-0.05, 0) is 6.92 Å². The van der Waals surface area contributed by atoms with Crippen LogP contribution in [0, 0.1) is 0 Å². The molecule has 0 aromatic rings. The molecule has 9 nitrogen and oxygen atoms in total. The highest BCUT2D eigenvalue weighted by Gasteiger charge is 2.57. The number of carbonyl (C=O) groups is 3. The van der Waals surface area contributed by atoms with E-state index in [0.717, 1.165) is 9.80 Å². The highest BCUT2D eigenvalue weighted by molar-refractivity contribution is 5.72. The van der Waals surface area contributed by atoms with Gasteiger partial charge in [0.05, 0.1) is 31.2 Å². The van der Waals surface area contributed by atoms with Crippen molar-refractivity contribution >= 4 is 18.3 Å². The second-order valence-corrected chi connectivity index (χ2v) is 5.03. The monoisotopic (exact) mass is 273 g/mol. The zero-order valence-electron chi connectivity index (χ0n) is 10.3. The first-order chi connectivity index (χ1) is 8.77. The van der Waals surface area contributed by atoms with Gasteiger partial charge in [0.15, 0.2) is 0 Å². The average molecular weight is 273 g/mol. The summed E-state index contributed by atoms with van der Waals surface area (Å²) in [6, 6.07) is -0.502. The van der Waals surface area contributed by atoms with Crippen molar-refractivity contribution in [1.29, 1.82) is 0 Å². The number of hydrogen-bond donors (Lipinski definition) is 3. The van der Waals surface area contributed by atoms with Crippen LogP contribution in [0.1, 0.15) is 6.92 Å². The molecule has 0 aromatic heterocycles. The van der Waals surface area contributed by atoms with E-state index < -0.39 is 29.9 Å². The second-order valence-electron chi connectivity index (χ2n) is 5.03. The van der Waals surface area contributed by atoms with Crippen molar-refractivity contribution in [3.05, 3.63) is 0 Å². The molecular formula is C10H15N3O6. The fraction of sp³-hybridized carbons (Fsp3) is 0.700. The number of nitrogens with zero attached hydrogens (tertiary/aromatic N) is 3. The third-order valence-electron chi connectivity index (χ3n) is 3.64. The molecule has 2 rings (SSSR count). The number of rotatable bonds is 0. The number of amides is 3. The second kappa shape index (κ2) is 4.18. The van der Waals surface area contributed by atoms with Crippen LogP contribution in [-0.4, -0.2) is 86.1 Å². The number of hydrogen-bond acceptors (Lipinski definition) is 3. The standard InChI is InChI=1S/C10H15N3O6/c1-6-2-11(7(14)15)3-10(13(6)9(18)19)4-12(5-10)8(16)17/h6H,2-5H2,1H3,(H,14,15)(H,16,17)(H,18,19). The van der Waals surface area contributed by atoms with E-state index in [0.29, 0.717) is 0 Å². The van der Waals surface area contributed by atoms with Crippen molar-refractivity contribution < 1.29 is 29.7 Å². The molecule has 0 aliphatic carbocycles. The van der Waals surface area contributed by atoms with Crippen molar-refractivity contribution in [2.75, 3.05) is 26.2 Å². The Hall–Kier alpha value is -2.19. The summed E-state index contributed by atoms with van der Waals surface area (Å²) in [6.45, 7) is 1.72. The summed E-state index contributed by atoms with van der Waals surface area (Å²) in [5.41, 5.74) is -0.958. The first-order valence-electron chi connectivity index (χ1n) is 5.75. The van der Waals surface area contributed by atoms with Crippen molar-refractivity contribution in [3.8, 4) is 0 Å². The molecule has 0 radical (unpaired) electrons. The largest absolute Gasteiger partial charge is 0.465 e. The smallest absolute Gasteiger partial charge is 0.408 e. The Morgan fingerprint density at radius 1 is 0.947 bits per heavy atom. The summed E-state index contributed by atoms with van der Waals surface area (Å²) in [7, 11) is 0. The highest BCUT2D eigenvalue weighted by Crippen LogP contribution is 2.34. The van der Waals surface area contributed by atoms with E-state index in [2.05, 4.69) is 0 Å². The van der Waals surface area contributed by atoms with Gasteiger partial charge < -0.3 is 25.1 Å². The number of piperazine rings is 1. The van der Waals surface area contributed by atoms with E-state index >= 15 is 0 Å². The van der Waals surface area contributed by atoms with Crippen molar-refractivity contribution in [2.45, 2.75) is 18.5 Å². The number of carboxylic acid groups (broad SMARTS) is 3. The Balaban J connectivity index is 2.23. The van der Waals surface area contributed by atoms with E-state index in [1.54, 1.807) is 6.92 Å². The Labute approximate surface area is 108 Å². The van der Waals surface area contributed by atoms with E-state index in [4.69, 9.17) is 10.2 Å². The molecule has 2 fully saturated rings. The van der Waals surface area contributed by atoms with Crippen LogP contribution in [0.25, 0.3) is 0 Å². The molecule has 106 valence electrons. The first-order valence-corrected chi connectivity index (χ1v) is 5.75. The topological polar surface area (TPSA) is 122 Å². The normalized spacial score (nSPS) is 25.1. The van der Waals surface area contributed by atoms with E-state index in [1.807, 2.05) is 0 Å². The van der Waals surface area contributed by atoms with Gasteiger partial charge in [-0.2, -0.15) is 0 Å². The molecule has 19 heavy (non-hydrogen) atoms. The molecule has 9 heteroatoms. The van der Waals surface area contributed by atoms with Gasteiger partial charge in [-0.1, -0.05) is 0 Å². The van der Waals surface area contributed by atoms with Crippen LogP contribution in [0.15, 0.2) is 0 Å². The zero-order chi connectivity index (χ0) is 14.4. The van der Waals surface area contributed by atoms with Crippen LogP contribution >= 0.6 is 0 Å². The van der Waals surface area contributed by atoms with Gasteiger partial charge in [0.25, 0.3) is 0 Å². The van der Waals surface area contributed by atoms with Gasteiger partial charge in [0.2, 0.25) is 0 Å². The summed E-state index contributed by atoms with van der Waals surface area (Å²) >= 11 is 0. The first kappa shape index (κ1) is 13.2. The van der Waals surface area contributed by atoms with Gasteiger partial charge >= 0.3 is 18.3 Å². The van der Waals surface area contributed by atoms with Crippen molar-refractivity contribution in [3.63, 3.8) is 0 Å². The van der Waals surface area contributed by atoms with Gasteiger partial charge in [-0.25, -0.2) is 14.4 Å². The van der Waals surface area contributed by atoms with Gasteiger partial charge in [0.1, 0.15) is 0 Å². The van der Waals surface area contributed by atoms with Crippen LogP contribution < -0.4 is 0 Å². The maximum Gasteiger partial charge on any atom is 0.408 e. The summed E-state index contributed by atoms with van der Waals surface area (Å²) in [5.74, 6) is 0. The van der Waals surface area contributed by atoms with E-state index in [1.165, 1.54) is 4.90 Å². The number of likely N-dealkylation sites (tertiary alicyclic amines) is 1. The third-order valence-corrected chi connectivity index (χ3v) is 3.64. The van der Waals surface area contributed by atoms with Gasteiger partial charge in [0, 0.05) is 6.54 Å². The maximum absolute atomic E-state index is 11.3. The van der Waals surface area contributed by atoms with E-state index in [9.17, 15) is 19.5 Å². The lowest BCUT2D eigenvalue weighted by Crippen LogP contribution is -2.80. The quantitative estimate of drug-likeness (QED) is 0.574. The Morgan fingerprint density at radius 2 is 1.42 bits per heavy atom. The summed E-state index contributed by atoms with van der Waals surface area (Å²) in [5, 5.41) is 27.1. The molecular weight excluding hydrogens is 258 g/mol. The van der Waals surface area contributed by atoms with Crippen LogP contribution in [0.5, 0.6) is 0 Å². The van der Waals surface area contributed by atoms with Gasteiger partial charge in [-0.15, -0.1) is 0 Å². The van der Waals surface area contributed by atoms with Crippen molar-refractivity contribution in [2.24, 2.45) is 0 Å². The van der Waals surface area contributed by atoms with E-state index in [-0.39, 0.29) is 26.2 Å². The predicted molar refractivity (Wildman–Crippen MR) is 61.3 cm³/mol. The molecule has 1 unspecified atom stereocenters. The fourth-order valence-corrected chi connectivity index (χ4v) is 2.95. The lowest BCUT2D eigenvalue weighted by Gasteiger charge is -2.59. The van der Waals surface area contributed by atoms with Crippen molar-refractivity contribution in [1.82, 2.24) is 14.7 Å². The minimum atomic E-state index is -1.15. The SMILES string of the molecule is CC1CN(C(=O)O)CC2(CN(C(=O)O)C2)N1C(=O)O. The Bertz CT molecular complexity index is 433. The van der Waals surface area contributed by atoms with Crippen LogP contribution in [0.4, 0.5) is 14.4 Å². The molecule has 3 N–H and O–H groups in total. The lowest BCUT2D eigenvalue weighted by molar-refractivity contribution is -0.0900. The molecule has 2 heterocycles. The van der Waals surface area contributed by atoms with Crippen LogP contribution in [0.2, 0.25) is 0 Å². The molecule has 0 aromatic carbocycles. The molecule has 1 atom stereocenters. The molecule has 3 amide bonds. The van der Waals surface area contributed by atoms with Crippen LogP contribution in [-0.2, 0) is 0 Å². The van der Waals surface area contributed by atoms with Crippen LogP contribution in [0.3, 0.4) is 0 Å². The summed E-state index contributed by atoms with van der Waals surface area (Å²) in [6.07, 6.45) is -3.40. The minimum Gasteiger partial charge on any atom is -0.465 e. The molecule has 0 saturated carbocycles. The third kappa shape index (κ3) is 2.00. The zero-order valence-corrected chi connectivity index (χ0v) is 10.3. The van der Waals surface area contributed by atoms with Gasteiger partial charge in [-0.3, -0.25) is 4.90 Å². The maximum atomic E-state index is 11.3. The lowest BCUT2D eigenvalue weighted by atomic mass is 9.84. The fourth-order valence-electron chi connectivity index (χ4n) is 2.95. The average Bonchev–Trinajstić information content (AvgIpc) is 2.23. The molecule has 2 aliphatic heterocycles. The highest BCUT2D eigenvalue weighted by atomic mass is 16.4. The Kier molecular flexibility index (Phi) is 2.91. The molecule has 1 spiro atoms. The molecule has 0 bridgehead atoms. The minimum absolute atomic E-state index is 0.00273. The summed E-state index contributed by atoms with van der Waals surface area (Å²) in [4.78, 5) is 36.6. The molecule has 2 aliphatic rings. The Morgan fingerprint density at radius 3 is 1.84 bits per heavy atom. The summed E-state index contributed by atoms with van der Waals surface area (Å²) < 4.78 is 0. The molecule has 2 saturated heterocycles. The predicted octanol–water partition coefficient (Wildman–Crippen LogP) is 0.0809.